The Labute approximate surface area is 83.8 Å². The standard InChI is InChI=1S/C6H18O2Si4/c1-10(2)8-11(3)6-12(4,5)7-9/h10H,6H2,1-5H3. The first-order chi connectivity index (χ1) is 5.37. The van der Waals surface area contributed by atoms with Crippen LogP contribution in [0.2, 0.25) is 38.4 Å². The highest BCUT2D eigenvalue weighted by atomic mass is 28.4. The lowest BCUT2D eigenvalue weighted by Gasteiger charge is -2.24. The molecule has 0 bridgehead atoms. The third-order valence-corrected chi connectivity index (χ3v) is 12.5. The monoisotopic (exact) mass is 234 g/mol. The molecule has 70 valence electrons. The van der Waals surface area contributed by atoms with Gasteiger partial charge < -0.3 is 8.23 Å². The lowest BCUT2D eigenvalue weighted by atomic mass is 11.8. The Hall–Kier alpha value is 0.788. The van der Waals surface area contributed by atoms with Gasteiger partial charge in [-0.25, -0.2) is 0 Å². The van der Waals surface area contributed by atoms with Crippen LogP contribution in [0.1, 0.15) is 0 Å². The first kappa shape index (κ1) is 12.8. The summed E-state index contributed by atoms with van der Waals surface area (Å²) in [5.74, 6) is 0. The molecule has 0 rings (SSSR count). The van der Waals surface area contributed by atoms with E-state index >= 15 is 0 Å². The minimum Gasteiger partial charge on any atom is -0.458 e. The van der Waals surface area contributed by atoms with E-state index in [1.807, 2.05) is 0 Å². The van der Waals surface area contributed by atoms with Crippen molar-refractivity contribution in [2.24, 2.45) is 0 Å². The molecule has 0 atom stereocenters. The molecule has 0 fully saturated rings. The molecule has 0 aliphatic heterocycles. The van der Waals surface area contributed by atoms with Crippen LogP contribution in [0.3, 0.4) is 0 Å². The van der Waals surface area contributed by atoms with E-state index in [2.05, 4.69) is 43.2 Å². The van der Waals surface area contributed by atoms with E-state index in [0.717, 1.165) is 5.67 Å². The average molecular weight is 235 g/mol. The Balaban J connectivity index is 3.75. The van der Waals surface area contributed by atoms with Gasteiger partial charge >= 0.3 is 0 Å². The lowest BCUT2D eigenvalue weighted by molar-refractivity contribution is 0.585. The van der Waals surface area contributed by atoms with Crippen LogP contribution < -0.4 is 0 Å². The van der Waals surface area contributed by atoms with Gasteiger partial charge in [-0.05, 0) is 38.4 Å². The van der Waals surface area contributed by atoms with E-state index in [0.29, 0.717) is 0 Å². The fraction of sp³-hybridized carbons (Fsp3) is 1.00. The molecule has 0 aromatic carbocycles. The third kappa shape index (κ3) is 6.32. The van der Waals surface area contributed by atoms with Crippen LogP contribution in [0.25, 0.3) is 0 Å². The van der Waals surface area contributed by atoms with Gasteiger partial charge in [0.2, 0.25) is 10.5 Å². The van der Waals surface area contributed by atoms with Crippen LogP contribution in [0.4, 0.5) is 0 Å². The molecule has 0 saturated carbocycles. The van der Waals surface area contributed by atoms with E-state index in [9.17, 15) is 0 Å². The zero-order valence-electron chi connectivity index (χ0n) is 8.60. The minimum atomic E-state index is -1.45. The Kier molecular flexibility index (Phi) is 5.86. The van der Waals surface area contributed by atoms with Crippen molar-refractivity contribution in [2.75, 3.05) is 0 Å². The smallest absolute Gasteiger partial charge is 0.230 e. The van der Waals surface area contributed by atoms with E-state index < -0.39 is 26.4 Å². The summed E-state index contributed by atoms with van der Waals surface area (Å²) in [6.07, 6.45) is 0. The van der Waals surface area contributed by atoms with Crippen LogP contribution in [0, 0.1) is 0 Å². The fourth-order valence-electron chi connectivity index (χ4n) is 1.08. The maximum Gasteiger partial charge on any atom is 0.230 e. The third-order valence-electron chi connectivity index (χ3n) is 1.39. The summed E-state index contributed by atoms with van der Waals surface area (Å²) in [4.78, 5) is 0. The molecule has 0 aromatic rings. The maximum atomic E-state index is 5.86. The van der Waals surface area contributed by atoms with Gasteiger partial charge in [-0.15, -0.1) is 0 Å². The first-order valence-corrected chi connectivity index (χ1v) is 12.6. The summed E-state index contributed by atoms with van der Waals surface area (Å²) in [5, 5.41) is 0. The minimum absolute atomic E-state index is 0.591. The quantitative estimate of drug-likeness (QED) is 0.671. The normalized spacial score (nSPS) is 13.0. The molecule has 0 aliphatic rings. The number of hydrogen-bond donors (Lipinski definition) is 0. The van der Waals surface area contributed by atoms with Gasteiger partial charge in [-0.2, -0.15) is 0 Å². The van der Waals surface area contributed by atoms with Crippen molar-refractivity contribution in [3.05, 3.63) is 0 Å². The van der Waals surface area contributed by atoms with Gasteiger partial charge in [0.1, 0.15) is 0 Å². The molecule has 0 N–H and O–H groups in total. The predicted octanol–water partition coefficient (Wildman–Crippen LogP) is 1.45. The van der Waals surface area contributed by atoms with E-state index in [4.69, 9.17) is 8.23 Å². The molecule has 0 aliphatic carbocycles. The summed E-state index contributed by atoms with van der Waals surface area (Å²) >= 11 is 0. The van der Waals surface area contributed by atoms with Crippen molar-refractivity contribution in [1.82, 2.24) is 0 Å². The lowest BCUT2D eigenvalue weighted by Crippen LogP contribution is -2.37. The van der Waals surface area contributed by atoms with Crippen molar-refractivity contribution < 1.29 is 8.23 Å². The molecule has 6 heteroatoms. The number of hydrogen-bond acceptors (Lipinski definition) is 2. The molecule has 0 aromatic heterocycles. The van der Waals surface area contributed by atoms with Crippen LogP contribution in [-0.2, 0) is 8.23 Å². The number of rotatable bonds is 5. The summed E-state index contributed by atoms with van der Waals surface area (Å²) in [5.41, 5.74) is 1.16. The topological polar surface area (TPSA) is 18.5 Å². The zero-order valence-corrected chi connectivity index (χ0v) is 12.8. The van der Waals surface area contributed by atoms with Gasteiger partial charge in [-0.3, -0.25) is 0 Å². The molecule has 2 nitrogen and oxygen atoms in total. The molecule has 12 heavy (non-hydrogen) atoms. The van der Waals surface area contributed by atoms with E-state index in [1.165, 1.54) is 0 Å². The molecule has 0 spiro atoms. The highest BCUT2D eigenvalue weighted by Gasteiger charge is 2.25. The second-order valence-electron chi connectivity index (χ2n) is 3.91. The summed E-state index contributed by atoms with van der Waals surface area (Å²) in [7, 11) is 0.272. The second kappa shape index (κ2) is 5.50. The Bertz CT molecular complexity index is 129. The van der Waals surface area contributed by atoms with Gasteiger partial charge in [0.25, 0.3) is 0 Å². The SMILES string of the molecule is C[Si](C[Si](C)(C)O[Si])O[SiH](C)C. The Morgan fingerprint density at radius 1 is 1.42 bits per heavy atom. The molecule has 4 radical (unpaired) electrons. The molecule has 0 amide bonds. The maximum absolute atomic E-state index is 5.86. The Morgan fingerprint density at radius 3 is 2.25 bits per heavy atom. The molecular weight excluding hydrogens is 216 g/mol. The van der Waals surface area contributed by atoms with Crippen molar-refractivity contribution in [3.63, 3.8) is 0 Å². The van der Waals surface area contributed by atoms with Crippen LogP contribution >= 0.6 is 0 Å². The average Bonchev–Trinajstić information content (AvgIpc) is 1.84. The molecule has 0 unspecified atom stereocenters. The molecule has 0 heterocycles. The van der Waals surface area contributed by atoms with E-state index in [-0.39, 0.29) is 0 Å². The van der Waals surface area contributed by atoms with Gasteiger partial charge in [0, 0.05) is 0 Å². The van der Waals surface area contributed by atoms with Crippen LogP contribution in [0.5, 0.6) is 0 Å². The summed E-state index contributed by atoms with van der Waals surface area (Å²) < 4.78 is 11.2. The Morgan fingerprint density at radius 2 is 1.92 bits per heavy atom. The zero-order chi connectivity index (χ0) is 9.78. The predicted molar refractivity (Wildman–Crippen MR) is 60.7 cm³/mol. The van der Waals surface area contributed by atoms with Crippen molar-refractivity contribution in [2.45, 2.75) is 38.4 Å². The van der Waals surface area contributed by atoms with Crippen LogP contribution in [0.15, 0.2) is 0 Å². The molecule has 0 saturated heterocycles. The van der Waals surface area contributed by atoms with Gasteiger partial charge in [-0.1, -0.05) is 0 Å². The fourth-order valence-corrected chi connectivity index (χ4v) is 11.1. The largest absolute Gasteiger partial charge is 0.458 e. The first-order valence-electron chi connectivity index (χ1n) is 4.21. The van der Waals surface area contributed by atoms with Gasteiger partial charge in [0.05, 0.1) is 0 Å². The van der Waals surface area contributed by atoms with E-state index in [1.54, 1.807) is 0 Å². The highest BCUT2D eigenvalue weighted by Crippen LogP contribution is 2.12. The molecular formula is C6H18O2Si4. The van der Waals surface area contributed by atoms with Crippen molar-refractivity contribution in [3.8, 4) is 0 Å². The second-order valence-corrected chi connectivity index (χ2v) is 14.1. The van der Waals surface area contributed by atoms with Crippen LogP contribution in [-0.4, -0.2) is 36.9 Å². The summed E-state index contributed by atoms with van der Waals surface area (Å²) in [6.45, 7) is 11.1. The van der Waals surface area contributed by atoms with Crippen molar-refractivity contribution in [1.29, 1.82) is 0 Å². The highest BCUT2D eigenvalue weighted by molar-refractivity contribution is 6.85. The van der Waals surface area contributed by atoms with Crippen molar-refractivity contribution >= 4 is 36.9 Å². The van der Waals surface area contributed by atoms with Gasteiger partial charge in [0.15, 0.2) is 26.4 Å². The summed E-state index contributed by atoms with van der Waals surface area (Å²) in [6, 6.07) is 0.